The Balaban J connectivity index is 1.92. The highest BCUT2D eigenvalue weighted by molar-refractivity contribution is 6.07. The van der Waals surface area contributed by atoms with E-state index >= 15 is 0 Å². The molecule has 0 aliphatic carbocycles. The average Bonchev–Trinajstić information content (AvgIpc) is 2.81. The minimum Gasteiger partial charge on any atom is -0.319 e. The highest BCUT2D eigenvalue weighted by Crippen LogP contribution is 2.30. The zero-order valence-corrected chi connectivity index (χ0v) is 12.9. The van der Waals surface area contributed by atoms with Crippen molar-refractivity contribution in [2.75, 3.05) is 0 Å². The van der Waals surface area contributed by atoms with Gasteiger partial charge < -0.3 is 5.32 Å². The van der Waals surface area contributed by atoms with Crippen molar-refractivity contribution in [3.8, 4) is 6.07 Å². The maximum atomic E-state index is 13.9. The van der Waals surface area contributed by atoms with E-state index in [4.69, 9.17) is 5.26 Å². The summed E-state index contributed by atoms with van der Waals surface area (Å²) in [6, 6.07) is 14.0. The van der Waals surface area contributed by atoms with Crippen LogP contribution in [0.5, 0.6) is 0 Å². The number of carbonyl (C=O) groups is 2. The molecule has 0 saturated carbocycles. The van der Waals surface area contributed by atoms with Crippen LogP contribution >= 0.6 is 0 Å². The highest BCUT2D eigenvalue weighted by Gasteiger charge is 2.48. The van der Waals surface area contributed by atoms with E-state index in [-0.39, 0.29) is 17.7 Å². The largest absolute Gasteiger partial charge is 0.325 e. The third-order valence-electron chi connectivity index (χ3n) is 4.13. The summed E-state index contributed by atoms with van der Waals surface area (Å²) >= 11 is 0. The molecule has 1 saturated heterocycles. The minimum atomic E-state index is -1.19. The normalized spacial score (nSPS) is 20.0. The van der Waals surface area contributed by atoms with E-state index < -0.39 is 23.3 Å². The van der Waals surface area contributed by atoms with Gasteiger partial charge in [0, 0.05) is 5.56 Å². The van der Waals surface area contributed by atoms with Crippen LogP contribution < -0.4 is 5.32 Å². The van der Waals surface area contributed by atoms with Crippen molar-refractivity contribution in [2.24, 2.45) is 0 Å². The van der Waals surface area contributed by atoms with Crippen LogP contribution in [0, 0.1) is 17.1 Å². The van der Waals surface area contributed by atoms with Crippen LogP contribution in [0.4, 0.5) is 9.18 Å². The highest BCUT2D eigenvalue weighted by atomic mass is 19.1. The van der Waals surface area contributed by atoms with Crippen LogP contribution in [-0.2, 0) is 16.9 Å². The van der Waals surface area contributed by atoms with Gasteiger partial charge in [0.15, 0.2) is 0 Å². The molecular weight excluding hydrogens is 309 g/mol. The molecule has 1 heterocycles. The second kappa shape index (κ2) is 5.78. The Kier molecular flexibility index (Phi) is 3.78. The van der Waals surface area contributed by atoms with Crippen molar-refractivity contribution in [2.45, 2.75) is 19.0 Å². The van der Waals surface area contributed by atoms with Crippen LogP contribution in [0.3, 0.4) is 0 Å². The molecule has 0 unspecified atom stereocenters. The van der Waals surface area contributed by atoms with Gasteiger partial charge in [-0.05, 0) is 30.7 Å². The number of halogens is 1. The third-order valence-corrected chi connectivity index (χ3v) is 4.13. The van der Waals surface area contributed by atoms with Crippen molar-refractivity contribution in [3.05, 3.63) is 71.0 Å². The number of nitrogens with zero attached hydrogens (tertiary/aromatic N) is 2. The fourth-order valence-corrected chi connectivity index (χ4v) is 2.74. The molecule has 1 aliphatic heterocycles. The monoisotopic (exact) mass is 323 g/mol. The number of rotatable bonds is 3. The van der Waals surface area contributed by atoms with Crippen LogP contribution in [0.2, 0.25) is 0 Å². The summed E-state index contributed by atoms with van der Waals surface area (Å²) < 4.78 is 13.9. The van der Waals surface area contributed by atoms with Gasteiger partial charge in [-0.15, -0.1) is 0 Å². The van der Waals surface area contributed by atoms with Crippen LogP contribution in [0.1, 0.15) is 23.6 Å². The number of benzene rings is 2. The third kappa shape index (κ3) is 2.50. The Morgan fingerprint density at radius 1 is 1.21 bits per heavy atom. The number of nitrogens with one attached hydrogen (secondary N) is 1. The first kappa shape index (κ1) is 15.7. The predicted molar refractivity (Wildman–Crippen MR) is 84.0 cm³/mol. The zero-order chi connectivity index (χ0) is 17.3. The lowest BCUT2D eigenvalue weighted by Crippen LogP contribution is -2.40. The molecule has 0 spiro atoms. The molecular formula is C18H14FN3O2. The summed E-state index contributed by atoms with van der Waals surface area (Å²) in [6.45, 7) is 1.39. The van der Waals surface area contributed by atoms with Gasteiger partial charge in [0.25, 0.3) is 5.91 Å². The Bertz CT molecular complexity index is 860. The SMILES string of the molecule is C[C@]1(c2ccccc2)NC(=O)N(Cc2cc(C#N)ccc2F)C1=O. The zero-order valence-electron chi connectivity index (χ0n) is 12.9. The van der Waals surface area contributed by atoms with E-state index in [2.05, 4.69) is 5.32 Å². The van der Waals surface area contributed by atoms with E-state index in [9.17, 15) is 14.0 Å². The van der Waals surface area contributed by atoms with Crippen molar-refractivity contribution in [3.63, 3.8) is 0 Å². The summed E-state index contributed by atoms with van der Waals surface area (Å²) in [4.78, 5) is 26.0. The summed E-state index contributed by atoms with van der Waals surface area (Å²) in [5.74, 6) is -1.02. The lowest BCUT2D eigenvalue weighted by Gasteiger charge is -2.22. The van der Waals surface area contributed by atoms with E-state index in [0.717, 1.165) is 11.0 Å². The smallest absolute Gasteiger partial charge is 0.319 e. The number of amides is 3. The number of carbonyl (C=O) groups excluding carboxylic acids is 2. The molecule has 2 aromatic carbocycles. The molecule has 5 nitrogen and oxygen atoms in total. The van der Waals surface area contributed by atoms with Gasteiger partial charge in [-0.3, -0.25) is 9.69 Å². The molecule has 1 fully saturated rings. The fourth-order valence-electron chi connectivity index (χ4n) is 2.74. The first-order valence-electron chi connectivity index (χ1n) is 7.34. The van der Waals surface area contributed by atoms with Crippen LogP contribution in [0.25, 0.3) is 0 Å². The Labute approximate surface area is 138 Å². The van der Waals surface area contributed by atoms with E-state index in [1.807, 2.05) is 12.1 Å². The topological polar surface area (TPSA) is 73.2 Å². The molecule has 0 bridgehead atoms. The Morgan fingerprint density at radius 3 is 2.58 bits per heavy atom. The standard InChI is InChI=1S/C18H14FN3O2/c1-18(14-5-3-2-4-6-14)16(23)22(17(24)21-18)11-13-9-12(10-20)7-8-15(13)19/h2-9H,11H2,1H3,(H,21,24)/t18-/m1/s1. The summed E-state index contributed by atoms with van der Waals surface area (Å²) in [7, 11) is 0. The predicted octanol–water partition coefficient (Wildman–Crippen LogP) is 2.66. The summed E-state index contributed by atoms with van der Waals surface area (Å²) in [5.41, 5.74) is -0.155. The van der Waals surface area contributed by atoms with Gasteiger partial charge in [0.2, 0.25) is 0 Å². The van der Waals surface area contributed by atoms with Crippen LogP contribution in [-0.4, -0.2) is 16.8 Å². The van der Waals surface area contributed by atoms with Gasteiger partial charge in [0.05, 0.1) is 18.2 Å². The first-order valence-corrected chi connectivity index (χ1v) is 7.34. The minimum absolute atomic E-state index is 0.120. The molecule has 3 amide bonds. The van der Waals surface area contributed by atoms with E-state index in [1.54, 1.807) is 31.2 Å². The average molecular weight is 323 g/mol. The van der Waals surface area contributed by atoms with Crippen molar-refractivity contribution >= 4 is 11.9 Å². The molecule has 1 aliphatic rings. The molecule has 1 N–H and O–H groups in total. The number of nitriles is 1. The van der Waals surface area contributed by atoms with Crippen molar-refractivity contribution < 1.29 is 14.0 Å². The number of urea groups is 1. The van der Waals surface area contributed by atoms with Crippen molar-refractivity contribution in [1.29, 1.82) is 5.26 Å². The Hall–Kier alpha value is -3.20. The maximum absolute atomic E-state index is 13.9. The summed E-state index contributed by atoms with van der Waals surface area (Å²) in [5, 5.41) is 11.6. The van der Waals surface area contributed by atoms with Gasteiger partial charge in [-0.25, -0.2) is 9.18 Å². The molecule has 120 valence electrons. The molecule has 1 atom stereocenters. The fraction of sp³-hybridized carbons (Fsp3) is 0.167. The quantitative estimate of drug-likeness (QED) is 0.883. The van der Waals surface area contributed by atoms with E-state index in [0.29, 0.717) is 5.56 Å². The van der Waals surface area contributed by atoms with Gasteiger partial charge >= 0.3 is 6.03 Å². The maximum Gasteiger partial charge on any atom is 0.325 e. The second-order valence-corrected chi connectivity index (χ2v) is 5.73. The lowest BCUT2D eigenvalue weighted by molar-refractivity contribution is -0.131. The summed E-state index contributed by atoms with van der Waals surface area (Å²) in [6.07, 6.45) is 0. The molecule has 3 rings (SSSR count). The number of hydrogen-bond donors (Lipinski definition) is 1. The number of imide groups is 1. The first-order chi connectivity index (χ1) is 11.5. The van der Waals surface area contributed by atoms with Crippen LogP contribution in [0.15, 0.2) is 48.5 Å². The molecule has 6 heteroatoms. The lowest BCUT2D eigenvalue weighted by atomic mass is 9.92. The second-order valence-electron chi connectivity index (χ2n) is 5.73. The van der Waals surface area contributed by atoms with Crippen molar-refractivity contribution in [1.82, 2.24) is 10.2 Å². The molecule has 2 aromatic rings. The van der Waals surface area contributed by atoms with Gasteiger partial charge in [-0.2, -0.15) is 5.26 Å². The van der Waals surface area contributed by atoms with E-state index in [1.165, 1.54) is 12.1 Å². The molecule has 0 radical (unpaired) electrons. The van der Waals surface area contributed by atoms with Gasteiger partial charge in [-0.1, -0.05) is 30.3 Å². The molecule has 24 heavy (non-hydrogen) atoms. The Morgan fingerprint density at radius 2 is 1.92 bits per heavy atom. The number of hydrogen-bond acceptors (Lipinski definition) is 3. The van der Waals surface area contributed by atoms with Gasteiger partial charge in [0.1, 0.15) is 11.4 Å². The molecule has 0 aromatic heterocycles.